The molecule has 3 atom stereocenters. The number of aryl methyl sites for hydroxylation is 1. The number of phenols is 1. The lowest BCUT2D eigenvalue weighted by molar-refractivity contribution is 0.0177. The van der Waals surface area contributed by atoms with Crippen molar-refractivity contribution in [2.75, 3.05) is 31.8 Å². The monoisotopic (exact) mass is 459 g/mol. The van der Waals surface area contributed by atoms with Gasteiger partial charge < -0.3 is 24.8 Å². The van der Waals surface area contributed by atoms with Gasteiger partial charge in [-0.3, -0.25) is 0 Å². The van der Waals surface area contributed by atoms with E-state index in [0.29, 0.717) is 35.3 Å². The maximum atomic E-state index is 10.8. The van der Waals surface area contributed by atoms with Gasteiger partial charge in [0, 0.05) is 42.5 Å². The van der Waals surface area contributed by atoms with Crippen LogP contribution in [0.3, 0.4) is 0 Å². The van der Waals surface area contributed by atoms with Gasteiger partial charge in [-0.05, 0) is 66.6 Å². The molecular formula is C26H29N5O3. The number of hydrogen-bond donors (Lipinski definition) is 2. The first-order chi connectivity index (χ1) is 16.7. The zero-order valence-corrected chi connectivity index (χ0v) is 19.3. The molecule has 8 heteroatoms. The summed E-state index contributed by atoms with van der Waals surface area (Å²) in [5.74, 6) is 1.72. The Morgan fingerprint density at radius 3 is 2.68 bits per heavy atom. The van der Waals surface area contributed by atoms with E-state index in [1.165, 1.54) is 5.56 Å². The smallest absolute Gasteiger partial charge is 0.213 e. The standard InChI is InChI=1S/C26H29N5O3/c1-33-25-11-17(6-7-27-25)16-4-5-22(24(32)10-16)23-9-18-3-2-8-31(26(18)30-29-23)21-12-19-14-34-15-20(13-21)28-19/h4-7,9-11,19-21,28,32H,2-3,8,12-15H2,1H3/t19-,20+,21?. The van der Waals surface area contributed by atoms with E-state index in [0.717, 1.165) is 62.4 Å². The fourth-order valence-corrected chi connectivity index (χ4v) is 5.57. The van der Waals surface area contributed by atoms with E-state index in [2.05, 4.69) is 31.5 Å². The van der Waals surface area contributed by atoms with Gasteiger partial charge in [-0.25, -0.2) is 4.98 Å². The van der Waals surface area contributed by atoms with Crippen LogP contribution >= 0.6 is 0 Å². The second-order valence-corrected chi connectivity index (χ2v) is 9.42. The van der Waals surface area contributed by atoms with Gasteiger partial charge in [0.25, 0.3) is 0 Å². The van der Waals surface area contributed by atoms with E-state index in [4.69, 9.17) is 9.47 Å². The molecule has 1 unspecified atom stereocenters. The van der Waals surface area contributed by atoms with Crippen LogP contribution in [0.5, 0.6) is 11.6 Å². The lowest BCUT2D eigenvalue weighted by Gasteiger charge is -2.46. The molecule has 5 heterocycles. The Bertz CT molecular complexity index is 1190. The normalized spacial score (nSPS) is 23.9. The van der Waals surface area contributed by atoms with Gasteiger partial charge >= 0.3 is 0 Å². The van der Waals surface area contributed by atoms with Gasteiger partial charge in [0.05, 0.1) is 26.0 Å². The number of nitrogens with one attached hydrogen (secondary N) is 1. The lowest BCUT2D eigenvalue weighted by atomic mass is 9.90. The average molecular weight is 460 g/mol. The van der Waals surface area contributed by atoms with E-state index < -0.39 is 0 Å². The van der Waals surface area contributed by atoms with Crippen molar-refractivity contribution in [2.45, 2.75) is 43.8 Å². The molecule has 3 aliphatic rings. The number of hydrogen-bond acceptors (Lipinski definition) is 8. The fraction of sp³-hybridized carbons (Fsp3) is 0.423. The molecule has 2 aromatic heterocycles. The largest absolute Gasteiger partial charge is 0.507 e. The number of benzene rings is 1. The number of pyridine rings is 1. The molecule has 0 aliphatic carbocycles. The second-order valence-electron chi connectivity index (χ2n) is 9.42. The predicted octanol–water partition coefficient (Wildman–Crippen LogP) is 3.19. The summed E-state index contributed by atoms with van der Waals surface area (Å²) in [6.07, 6.45) is 5.92. The summed E-state index contributed by atoms with van der Waals surface area (Å²) in [5, 5.41) is 23.7. The molecular weight excluding hydrogens is 430 g/mol. The highest BCUT2D eigenvalue weighted by Gasteiger charge is 2.36. The highest BCUT2D eigenvalue weighted by molar-refractivity contribution is 5.75. The van der Waals surface area contributed by atoms with Crippen LogP contribution in [-0.2, 0) is 11.2 Å². The number of aromatic hydroxyl groups is 1. The van der Waals surface area contributed by atoms with Crippen LogP contribution < -0.4 is 15.0 Å². The molecule has 6 rings (SSSR count). The number of nitrogens with zero attached hydrogens (tertiary/aromatic N) is 4. The van der Waals surface area contributed by atoms with Crippen LogP contribution in [-0.4, -0.2) is 65.3 Å². The Labute approximate surface area is 199 Å². The highest BCUT2D eigenvalue weighted by atomic mass is 16.5. The molecule has 3 aliphatic heterocycles. The molecule has 2 fully saturated rings. The molecule has 0 amide bonds. The number of anilines is 1. The van der Waals surface area contributed by atoms with Crippen molar-refractivity contribution in [1.29, 1.82) is 0 Å². The number of ether oxygens (including phenoxy) is 2. The Balaban J connectivity index is 1.27. The van der Waals surface area contributed by atoms with Gasteiger partial charge in [-0.15, -0.1) is 10.2 Å². The Morgan fingerprint density at radius 1 is 1.06 bits per heavy atom. The SMILES string of the molecule is COc1cc(-c2ccc(-c3cc4c(nn3)N(C3C[C@H]5COC[C@@H](C3)N5)CCC4)c(O)c2)ccn1. The van der Waals surface area contributed by atoms with Crippen molar-refractivity contribution in [3.05, 3.63) is 48.2 Å². The number of morpholine rings is 1. The maximum absolute atomic E-state index is 10.8. The van der Waals surface area contributed by atoms with E-state index in [1.807, 2.05) is 24.3 Å². The topological polar surface area (TPSA) is 92.6 Å². The van der Waals surface area contributed by atoms with Crippen molar-refractivity contribution in [3.63, 3.8) is 0 Å². The Kier molecular flexibility index (Phi) is 5.55. The Hall–Kier alpha value is -3.23. The third kappa shape index (κ3) is 3.97. The number of phenolic OH excluding ortho intramolecular Hbond substituents is 1. The molecule has 176 valence electrons. The summed E-state index contributed by atoms with van der Waals surface area (Å²) in [5.41, 5.74) is 4.41. The van der Waals surface area contributed by atoms with Gasteiger partial charge in [0.1, 0.15) is 5.75 Å². The molecule has 0 radical (unpaired) electrons. The summed E-state index contributed by atoms with van der Waals surface area (Å²) in [6, 6.07) is 12.8. The lowest BCUT2D eigenvalue weighted by Crippen LogP contribution is -2.59. The molecule has 8 nitrogen and oxygen atoms in total. The first kappa shape index (κ1) is 21.3. The van der Waals surface area contributed by atoms with Crippen LogP contribution in [0.25, 0.3) is 22.4 Å². The molecule has 2 saturated heterocycles. The summed E-state index contributed by atoms with van der Waals surface area (Å²) in [7, 11) is 1.59. The van der Waals surface area contributed by atoms with Gasteiger partial charge in [0.15, 0.2) is 5.82 Å². The molecule has 0 spiro atoms. The van der Waals surface area contributed by atoms with Crippen molar-refractivity contribution in [1.82, 2.24) is 20.5 Å². The minimum absolute atomic E-state index is 0.182. The van der Waals surface area contributed by atoms with Gasteiger partial charge in [-0.1, -0.05) is 6.07 Å². The first-order valence-electron chi connectivity index (χ1n) is 12.0. The average Bonchev–Trinajstić information content (AvgIpc) is 2.87. The zero-order chi connectivity index (χ0) is 23.1. The second kappa shape index (κ2) is 8.85. The van der Waals surface area contributed by atoms with E-state index in [1.54, 1.807) is 19.4 Å². The van der Waals surface area contributed by atoms with Crippen LogP contribution in [0.1, 0.15) is 24.8 Å². The van der Waals surface area contributed by atoms with Gasteiger partial charge in [0.2, 0.25) is 5.88 Å². The number of piperidine rings is 1. The number of fused-ring (bicyclic) bond motifs is 3. The van der Waals surface area contributed by atoms with Crippen LogP contribution in [0.4, 0.5) is 5.82 Å². The minimum Gasteiger partial charge on any atom is -0.507 e. The van der Waals surface area contributed by atoms with Crippen molar-refractivity contribution in [2.24, 2.45) is 0 Å². The highest BCUT2D eigenvalue weighted by Crippen LogP contribution is 2.37. The minimum atomic E-state index is 0.182. The maximum Gasteiger partial charge on any atom is 0.213 e. The van der Waals surface area contributed by atoms with Crippen molar-refractivity contribution in [3.8, 4) is 34.0 Å². The molecule has 2 N–H and O–H groups in total. The quantitative estimate of drug-likeness (QED) is 0.615. The molecule has 0 saturated carbocycles. The first-order valence-corrected chi connectivity index (χ1v) is 12.0. The van der Waals surface area contributed by atoms with E-state index in [9.17, 15) is 5.11 Å². The van der Waals surface area contributed by atoms with Crippen molar-refractivity contribution < 1.29 is 14.6 Å². The van der Waals surface area contributed by atoms with Crippen LogP contribution in [0.15, 0.2) is 42.6 Å². The summed E-state index contributed by atoms with van der Waals surface area (Å²) in [4.78, 5) is 6.61. The number of methoxy groups -OCH3 is 1. The Morgan fingerprint density at radius 2 is 1.88 bits per heavy atom. The fourth-order valence-electron chi connectivity index (χ4n) is 5.57. The van der Waals surface area contributed by atoms with Crippen LogP contribution in [0, 0.1) is 0 Å². The van der Waals surface area contributed by atoms with E-state index >= 15 is 0 Å². The third-order valence-corrected chi connectivity index (χ3v) is 7.18. The molecule has 3 aromatic rings. The summed E-state index contributed by atoms with van der Waals surface area (Å²) in [6.45, 7) is 2.60. The predicted molar refractivity (Wildman–Crippen MR) is 129 cm³/mol. The molecule has 2 bridgehead atoms. The third-order valence-electron chi connectivity index (χ3n) is 7.18. The summed E-state index contributed by atoms with van der Waals surface area (Å²) < 4.78 is 10.9. The number of aromatic nitrogens is 3. The van der Waals surface area contributed by atoms with Gasteiger partial charge in [-0.2, -0.15) is 0 Å². The van der Waals surface area contributed by atoms with Crippen LogP contribution in [0.2, 0.25) is 0 Å². The van der Waals surface area contributed by atoms with E-state index in [-0.39, 0.29) is 5.75 Å². The molecule has 34 heavy (non-hydrogen) atoms. The zero-order valence-electron chi connectivity index (χ0n) is 19.3. The number of rotatable bonds is 4. The van der Waals surface area contributed by atoms with Crippen molar-refractivity contribution >= 4 is 5.82 Å². The summed E-state index contributed by atoms with van der Waals surface area (Å²) >= 11 is 0. The molecule has 1 aromatic carbocycles.